The van der Waals surface area contributed by atoms with E-state index < -0.39 is 0 Å². The second-order valence-corrected chi connectivity index (χ2v) is 6.64. The number of amides is 2. The summed E-state index contributed by atoms with van der Waals surface area (Å²) in [5.41, 5.74) is 2.97. The first-order valence-corrected chi connectivity index (χ1v) is 8.63. The molecule has 0 radical (unpaired) electrons. The lowest BCUT2D eigenvalue weighted by atomic mass is 9.93. The Hall–Kier alpha value is -3.54. The van der Waals surface area contributed by atoms with Gasteiger partial charge in [-0.05, 0) is 41.3 Å². The molecule has 6 heteroatoms. The minimum Gasteiger partial charge on any atom is -0.454 e. The van der Waals surface area contributed by atoms with Crippen molar-refractivity contribution in [3.8, 4) is 11.5 Å². The Kier molecular flexibility index (Phi) is 3.33. The summed E-state index contributed by atoms with van der Waals surface area (Å²) in [6.07, 6.45) is 0. The highest BCUT2D eigenvalue weighted by molar-refractivity contribution is 6.25. The zero-order valence-corrected chi connectivity index (χ0v) is 14.6. The summed E-state index contributed by atoms with van der Waals surface area (Å²) in [7, 11) is 1.51. The molecule has 6 nitrogen and oxygen atoms in total. The van der Waals surface area contributed by atoms with Crippen molar-refractivity contribution in [3.05, 3.63) is 65.2 Å². The maximum Gasteiger partial charge on any atom is 0.261 e. The van der Waals surface area contributed by atoms with Crippen LogP contribution in [0.5, 0.6) is 11.5 Å². The molecular weight excluding hydrogens is 344 g/mol. The lowest BCUT2D eigenvalue weighted by Crippen LogP contribution is -2.36. The third-order valence-electron chi connectivity index (χ3n) is 4.98. The molecule has 0 fully saturated rings. The minimum atomic E-state index is -0.282. The molecule has 0 atom stereocenters. The number of nitrogens with zero attached hydrogens (tertiary/aromatic N) is 1. The monoisotopic (exact) mass is 360 g/mol. The van der Waals surface area contributed by atoms with E-state index in [1.165, 1.54) is 11.9 Å². The molecule has 2 amide bonds. The maximum absolute atomic E-state index is 12.6. The van der Waals surface area contributed by atoms with Gasteiger partial charge in [0.2, 0.25) is 6.79 Å². The number of hydrogen-bond acceptors (Lipinski definition) is 5. The molecule has 3 aromatic rings. The lowest BCUT2D eigenvalue weighted by Gasteiger charge is -2.24. The highest BCUT2D eigenvalue weighted by Crippen LogP contribution is 2.34. The van der Waals surface area contributed by atoms with Crippen molar-refractivity contribution in [2.75, 3.05) is 19.2 Å². The second kappa shape index (κ2) is 5.74. The third kappa shape index (κ3) is 2.41. The number of benzene rings is 3. The summed E-state index contributed by atoms with van der Waals surface area (Å²) in [5.74, 6) is 0.942. The molecule has 0 aromatic heterocycles. The zero-order chi connectivity index (χ0) is 18.5. The predicted molar refractivity (Wildman–Crippen MR) is 100 cm³/mol. The first-order valence-electron chi connectivity index (χ1n) is 8.63. The van der Waals surface area contributed by atoms with Gasteiger partial charge in [0.25, 0.3) is 11.8 Å². The van der Waals surface area contributed by atoms with Crippen molar-refractivity contribution in [1.29, 1.82) is 0 Å². The number of fused-ring (bicyclic) bond motifs is 1. The van der Waals surface area contributed by atoms with E-state index in [0.717, 1.165) is 33.5 Å². The van der Waals surface area contributed by atoms with Crippen LogP contribution < -0.4 is 14.8 Å². The van der Waals surface area contributed by atoms with Gasteiger partial charge in [-0.1, -0.05) is 18.2 Å². The smallest absolute Gasteiger partial charge is 0.261 e. The van der Waals surface area contributed by atoms with E-state index >= 15 is 0 Å². The number of rotatable bonds is 3. The summed E-state index contributed by atoms with van der Waals surface area (Å²) >= 11 is 0. The van der Waals surface area contributed by atoms with Crippen LogP contribution in [0.4, 0.5) is 5.69 Å². The normalized spacial score (nSPS) is 14.8. The van der Waals surface area contributed by atoms with Crippen LogP contribution in [0.15, 0.2) is 48.5 Å². The number of ether oxygens (including phenoxy) is 2. The first-order chi connectivity index (χ1) is 13.1. The van der Waals surface area contributed by atoms with Crippen LogP contribution in [-0.2, 0) is 6.54 Å². The van der Waals surface area contributed by atoms with Crippen LogP contribution in [0.2, 0.25) is 0 Å². The second-order valence-electron chi connectivity index (χ2n) is 6.64. The quantitative estimate of drug-likeness (QED) is 0.725. The molecular formula is C21H16N2O4. The Morgan fingerprint density at radius 3 is 2.67 bits per heavy atom. The Labute approximate surface area is 155 Å². The van der Waals surface area contributed by atoms with Crippen molar-refractivity contribution in [3.63, 3.8) is 0 Å². The van der Waals surface area contributed by atoms with Gasteiger partial charge in [-0.2, -0.15) is 0 Å². The number of carbonyl (C=O) groups is 2. The third-order valence-corrected chi connectivity index (χ3v) is 4.98. The molecule has 1 N–H and O–H groups in total. The van der Waals surface area contributed by atoms with Gasteiger partial charge in [0.1, 0.15) is 0 Å². The Morgan fingerprint density at radius 2 is 1.78 bits per heavy atom. The molecule has 3 aromatic carbocycles. The predicted octanol–water partition coefficient (Wildman–Crippen LogP) is 3.41. The molecule has 2 heterocycles. The molecule has 27 heavy (non-hydrogen) atoms. The van der Waals surface area contributed by atoms with Crippen LogP contribution in [0, 0.1) is 0 Å². The van der Waals surface area contributed by atoms with E-state index in [2.05, 4.69) is 5.32 Å². The highest BCUT2D eigenvalue weighted by atomic mass is 16.7. The number of carbonyl (C=O) groups excluding carboxylic acids is 2. The van der Waals surface area contributed by atoms with E-state index in [-0.39, 0.29) is 18.6 Å². The van der Waals surface area contributed by atoms with Gasteiger partial charge in [-0.25, -0.2) is 0 Å². The highest BCUT2D eigenvalue weighted by Gasteiger charge is 2.30. The molecule has 0 spiro atoms. The van der Waals surface area contributed by atoms with Crippen LogP contribution in [0.3, 0.4) is 0 Å². The topological polar surface area (TPSA) is 67.9 Å². The molecule has 2 aliphatic rings. The van der Waals surface area contributed by atoms with Crippen molar-refractivity contribution < 1.29 is 19.1 Å². The van der Waals surface area contributed by atoms with E-state index in [4.69, 9.17) is 9.47 Å². The number of hydrogen-bond donors (Lipinski definition) is 1. The Balaban J connectivity index is 1.50. The summed E-state index contributed by atoms with van der Waals surface area (Å²) < 4.78 is 10.7. The van der Waals surface area contributed by atoms with Gasteiger partial charge in [-0.15, -0.1) is 0 Å². The molecule has 5 rings (SSSR count). The maximum atomic E-state index is 12.6. The lowest BCUT2D eigenvalue weighted by molar-refractivity contribution is 0.0650. The number of nitrogens with one attached hydrogen (secondary N) is 1. The van der Waals surface area contributed by atoms with Gasteiger partial charge in [-0.3, -0.25) is 14.5 Å². The van der Waals surface area contributed by atoms with Gasteiger partial charge in [0, 0.05) is 30.2 Å². The van der Waals surface area contributed by atoms with Gasteiger partial charge in [0.05, 0.1) is 5.56 Å². The van der Waals surface area contributed by atoms with Crippen LogP contribution in [-0.4, -0.2) is 30.6 Å². The van der Waals surface area contributed by atoms with E-state index in [0.29, 0.717) is 17.7 Å². The van der Waals surface area contributed by atoms with E-state index in [9.17, 15) is 9.59 Å². The number of imide groups is 1. The van der Waals surface area contributed by atoms with Crippen molar-refractivity contribution in [2.24, 2.45) is 0 Å². The Morgan fingerprint density at radius 1 is 0.963 bits per heavy atom. The summed E-state index contributed by atoms with van der Waals surface area (Å²) in [4.78, 5) is 26.1. The first kappa shape index (κ1) is 15.7. The van der Waals surface area contributed by atoms with Gasteiger partial charge in [0.15, 0.2) is 11.5 Å². The summed E-state index contributed by atoms with van der Waals surface area (Å²) in [6.45, 7) is 0.821. The molecule has 0 bridgehead atoms. The average Bonchev–Trinajstić information content (AvgIpc) is 3.16. The van der Waals surface area contributed by atoms with E-state index in [1.807, 2.05) is 42.5 Å². The molecule has 0 saturated carbocycles. The molecule has 134 valence electrons. The fourth-order valence-corrected chi connectivity index (χ4v) is 3.59. The molecule has 0 aliphatic carbocycles. The number of anilines is 1. The Bertz CT molecular complexity index is 1120. The zero-order valence-electron chi connectivity index (χ0n) is 14.6. The van der Waals surface area contributed by atoms with Crippen LogP contribution in [0.25, 0.3) is 10.8 Å². The molecule has 0 saturated heterocycles. The van der Waals surface area contributed by atoms with Crippen LogP contribution in [0.1, 0.15) is 26.3 Å². The molecule has 0 unspecified atom stereocenters. The fourth-order valence-electron chi connectivity index (χ4n) is 3.59. The largest absolute Gasteiger partial charge is 0.454 e. The van der Waals surface area contributed by atoms with E-state index in [1.54, 1.807) is 6.07 Å². The fraction of sp³-hybridized carbons (Fsp3) is 0.143. The standard InChI is InChI=1S/C21H16N2O4/c1-23-20(24)15-4-2-3-13-8-14(9-16(19(13)15)21(23)25)22-10-12-5-6-17-18(7-12)27-11-26-17/h2-9,22H,10-11H2,1H3. The van der Waals surface area contributed by atoms with Crippen LogP contribution >= 0.6 is 0 Å². The van der Waals surface area contributed by atoms with Gasteiger partial charge < -0.3 is 14.8 Å². The average molecular weight is 360 g/mol. The summed E-state index contributed by atoms with van der Waals surface area (Å²) in [6, 6.07) is 15.1. The minimum absolute atomic E-state index is 0.247. The SMILES string of the molecule is CN1C(=O)c2cccc3cc(NCc4ccc5c(c4)OCO5)cc(c23)C1=O. The van der Waals surface area contributed by atoms with Gasteiger partial charge >= 0.3 is 0 Å². The molecule has 2 aliphatic heterocycles. The van der Waals surface area contributed by atoms with Crippen molar-refractivity contribution in [1.82, 2.24) is 4.90 Å². The van der Waals surface area contributed by atoms with Crippen molar-refractivity contribution in [2.45, 2.75) is 6.54 Å². The van der Waals surface area contributed by atoms with Crippen molar-refractivity contribution >= 4 is 28.3 Å². The summed E-state index contributed by atoms with van der Waals surface area (Å²) in [5, 5.41) is 4.95.